The maximum Gasteiger partial charge on any atom is 0.332 e. The number of aromatic nitrogens is 4. The van der Waals surface area contributed by atoms with E-state index >= 15 is 0 Å². The molecule has 6 heterocycles. The Balaban J connectivity index is 0.000000197. The second-order valence-electron chi connectivity index (χ2n) is 17.5. The molecule has 2 aliphatic heterocycles. The first-order valence-corrected chi connectivity index (χ1v) is 25.8. The molecule has 2 fully saturated rings. The van der Waals surface area contributed by atoms with Crippen molar-refractivity contribution in [1.29, 1.82) is 0 Å². The number of rotatable bonds is 15. The average Bonchev–Trinajstić information content (AvgIpc) is 3.32. The van der Waals surface area contributed by atoms with Crippen LogP contribution in [0.15, 0.2) is 115 Å². The number of pyridine rings is 4. The molecule has 2 amide bonds. The number of amides is 2. The Morgan fingerprint density at radius 3 is 1.68 bits per heavy atom. The number of nitrogens with two attached hydrogens (primary N) is 1. The molecule has 2 aromatic carbocycles. The maximum absolute atomic E-state index is 14.5. The van der Waals surface area contributed by atoms with Gasteiger partial charge in [-0.05, 0) is 93.7 Å². The third-order valence-electron chi connectivity index (χ3n) is 11.6. The number of hydrogen-bond donors (Lipinski definition) is 3. The lowest BCUT2D eigenvalue weighted by atomic mass is 9.94. The molecule has 72 heavy (non-hydrogen) atoms. The summed E-state index contributed by atoms with van der Waals surface area (Å²) in [7, 11) is -4.30. The minimum absolute atomic E-state index is 0.0234. The Hall–Kier alpha value is -7.07. The van der Waals surface area contributed by atoms with Crippen LogP contribution in [0, 0.1) is 11.6 Å². The number of aliphatic imine (C=N–C) groups is 1. The lowest BCUT2D eigenvalue weighted by Gasteiger charge is -2.38. The second kappa shape index (κ2) is 24.4. The van der Waals surface area contributed by atoms with Gasteiger partial charge < -0.3 is 14.8 Å². The highest BCUT2D eigenvalue weighted by molar-refractivity contribution is 7.90. The van der Waals surface area contributed by atoms with Crippen LogP contribution in [0.25, 0.3) is 22.3 Å². The molecule has 0 spiro atoms. The van der Waals surface area contributed by atoms with Crippen LogP contribution in [0.4, 0.5) is 25.0 Å². The van der Waals surface area contributed by atoms with Crippen molar-refractivity contribution < 1.29 is 44.7 Å². The number of benzene rings is 2. The monoisotopic (exact) mass is 1030 g/mol. The topological polar surface area (TPSA) is 241 Å². The Kier molecular flexibility index (Phi) is 18.4. The van der Waals surface area contributed by atoms with Crippen molar-refractivity contribution in [3.8, 4) is 34.0 Å². The number of nitrogens with zero attached hydrogens (tertiary/aromatic N) is 7. The number of halogens is 2. The molecule has 18 nitrogen and oxygen atoms in total. The van der Waals surface area contributed by atoms with Gasteiger partial charge in [-0.25, -0.2) is 55.0 Å². The number of anilines is 1. The smallest absolute Gasteiger partial charge is 0.332 e. The van der Waals surface area contributed by atoms with Crippen molar-refractivity contribution in [1.82, 2.24) is 34.5 Å². The molecule has 4 aromatic heterocycles. The molecule has 0 radical (unpaired) electrons. The van der Waals surface area contributed by atoms with E-state index in [-0.39, 0.29) is 17.7 Å². The van der Waals surface area contributed by atoms with E-state index in [1.165, 1.54) is 44.7 Å². The van der Waals surface area contributed by atoms with Gasteiger partial charge in [-0.3, -0.25) is 19.8 Å². The average molecular weight is 1030 g/mol. The SMILES string of the molecule is COc1cc(-c2cc(F)cc(C(C)C)c2N=C=O)ccn1.COc1cc(-c2cc(F)cc(C(C)C)c2NC(=O)NS(=O)(=O)C2CN(Cc3cccnc3)C2)ccn1.NS(=O)(=O)C1CN(Cc2cccnc2)C1. The van der Waals surface area contributed by atoms with Gasteiger partial charge in [0.1, 0.15) is 22.1 Å². The number of ether oxygens (including phenoxy) is 2. The van der Waals surface area contributed by atoms with Gasteiger partial charge in [0.2, 0.25) is 37.9 Å². The van der Waals surface area contributed by atoms with Gasteiger partial charge in [-0.2, -0.15) is 4.99 Å². The molecule has 2 saturated heterocycles. The zero-order chi connectivity index (χ0) is 52.2. The summed E-state index contributed by atoms with van der Waals surface area (Å²) in [5.41, 5.74) is 6.14. The number of hydrogen-bond acceptors (Lipinski definition) is 15. The van der Waals surface area contributed by atoms with Crippen LogP contribution >= 0.6 is 0 Å². The number of likely N-dealkylation sites (tertiary alicyclic amines) is 2. The van der Waals surface area contributed by atoms with Crippen LogP contribution < -0.4 is 24.7 Å². The van der Waals surface area contributed by atoms with Crippen molar-refractivity contribution >= 4 is 43.5 Å². The molecule has 0 saturated carbocycles. The largest absolute Gasteiger partial charge is 0.481 e. The number of nitrogens with one attached hydrogen (secondary N) is 2. The Bertz CT molecular complexity index is 3100. The number of carbonyl (C=O) groups excluding carboxylic acids is 2. The summed E-state index contributed by atoms with van der Waals surface area (Å²) in [5.74, 6) is -0.260. The molecule has 6 aromatic rings. The Labute approximate surface area is 417 Å². The number of sulfonamides is 2. The highest BCUT2D eigenvalue weighted by atomic mass is 32.2. The number of urea groups is 1. The normalized spacial score (nSPS) is 14.1. The lowest BCUT2D eigenvalue weighted by Crippen LogP contribution is -2.58. The molecular formula is C50H56F2N10O8S2. The zero-order valence-corrected chi connectivity index (χ0v) is 42.1. The molecule has 0 bridgehead atoms. The van der Waals surface area contributed by atoms with Crippen LogP contribution in [0.3, 0.4) is 0 Å². The van der Waals surface area contributed by atoms with Crippen LogP contribution in [-0.4, -0.2) is 110 Å². The van der Waals surface area contributed by atoms with E-state index in [2.05, 4.69) is 35.0 Å². The first-order chi connectivity index (χ1) is 34.3. The van der Waals surface area contributed by atoms with Gasteiger partial charge in [0, 0.05) is 99.7 Å². The number of carbonyl (C=O) groups is 1. The van der Waals surface area contributed by atoms with Crippen molar-refractivity contribution in [2.24, 2.45) is 10.1 Å². The number of primary sulfonamides is 1. The fourth-order valence-electron chi connectivity index (χ4n) is 7.84. The zero-order valence-electron chi connectivity index (χ0n) is 40.5. The molecule has 0 atom stereocenters. The van der Waals surface area contributed by atoms with E-state index in [1.807, 2.05) is 61.8 Å². The molecule has 0 aliphatic carbocycles. The molecule has 4 N–H and O–H groups in total. The Morgan fingerprint density at radius 1 is 0.736 bits per heavy atom. The number of isocyanates is 1. The van der Waals surface area contributed by atoms with E-state index in [4.69, 9.17) is 14.6 Å². The Morgan fingerprint density at radius 2 is 1.22 bits per heavy atom. The highest BCUT2D eigenvalue weighted by Crippen LogP contribution is 2.39. The first kappa shape index (κ1) is 54.3. The summed E-state index contributed by atoms with van der Waals surface area (Å²) >= 11 is 0. The maximum atomic E-state index is 14.5. The minimum Gasteiger partial charge on any atom is -0.481 e. The molecule has 380 valence electrons. The highest BCUT2D eigenvalue weighted by Gasteiger charge is 2.38. The van der Waals surface area contributed by atoms with Gasteiger partial charge >= 0.3 is 6.03 Å². The van der Waals surface area contributed by atoms with Gasteiger partial charge in [-0.1, -0.05) is 39.8 Å². The molecule has 0 unspecified atom stereocenters. The van der Waals surface area contributed by atoms with Crippen molar-refractivity contribution in [2.45, 2.75) is 63.1 Å². The van der Waals surface area contributed by atoms with Crippen LogP contribution in [0.5, 0.6) is 11.8 Å². The predicted molar refractivity (Wildman–Crippen MR) is 269 cm³/mol. The van der Waals surface area contributed by atoms with Crippen LogP contribution in [-0.2, 0) is 37.9 Å². The molecule has 22 heteroatoms. The molecule has 8 rings (SSSR count). The van der Waals surface area contributed by atoms with Crippen LogP contribution in [0.2, 0.25) is 0 Å². The third-order valence-corrected chi connectivity index (χ3v) is 14.5. The van der Waals surface area contributed by atoms with E-state index in [9.17, 15) is 35.2 Å². The molecular weight excluding hydrogens is 971 g/mol. The second-order valence-corrected chi connectivity index (χ2v) is 21.3. The van der Waals surface area contributed by atoms with Crippen molar-refractivity contribution in [2.75, 3.05) is 45.7 Å². The van der Waals surface area contributed by atoms with Crippen molar-refractivity contribution in [3.05, 3.63) is 144 Å². The van der Waals surface area contributed by atoms with E-state index in [1.54, 1.807) is 61.3 Å². The summed E-state index contributed by atoms with van der Waals surface area (Å²) in [6.45, 7) is 10.5. The summed E-state index contributed by atoms with van der Waals surface area (Å²) in [6.07, 6.45) is 11.5. The first-order valence-electron chi connectivity index (χ1n) is 22.6. The fourth-order valence-corrected chi connectivity index (χ4v) is 9.96. The van der Waals surface area contributed by atoms with E-state index in [0.717, 1.165) is 17.7 Å². The van der Waals surface area contributed by atoms with Gasteiger partial charge in [-0.15, -0.1) is 0 Å². The van der Waals surface area contributed by atoms with Gasteiger partial charge in [0.15, 0.2) is 0 Å². The summed E-state index contributed by atoms with van der Waals surface area (Å²) in [4.78, 5) is 47.5. The fraction of sp³-hybridized carbons (Fsp3) is 0.320. The van der Waals surface area contributed by atoms with Gasteiger partial charge in [0.25, 0.3) is 0 Å². The van der Waals surface area contributed by atoms with Crippen LogP contribution in [0.1, 0.15) is 61.8 Å². The van der Waals surface area contributed by atoms with Crippen molar-refractivity contribution in [3.63, 3.8) is 0 Å². The standard InChI is InChI=1S/C25H28FN5O4S.C16H15FN2O2.C9H13N3O2S/c1-16(2)21-10-19(26)11-22(18-6-8-28-23(9-18)35-3)24(21)29-25(32)30-36(33,34)20-14-31(15-20)13-17-5-4-7-27-12-17;1-10(2)13-7-12(17)8-14(16(13)19-9-20)11-4-5-18-15(6-11)21-3;10-15(13,14)9-6-12(7-9)5-8-2-1-3-11-4-8/h4-12,16,20H,13-15H2,1-3H3,(H2,29,30,32);4-8,10H,1-3H3;1-4,9H,5-7H2,(H2,10,13,14). The predicted octanol–water partition coefficient (Wildman–Crippen LogP) is 7.29. The summed E-state index contributed by atoms with van der Waals surface area (Å²) < 4.78 is 88.3. The van der Waals surface area contributed by atoms with Gasteiger partial charge in [0.05, 0.1) is 25.6 Å². The van der Waals surface area contributed by atoms with E-state index in [0.29, 0.717) is 89.2 Å². The summed E-state index contributed by atoms with van der Waals surface area (Å²) in [6, 6.07) is 18.7. The number of methoxy groups -OCH3 is 2. The summed E-state index contributed by atoms with van der Waals surface area (Å²) in [5, 5.41) is 6.57. The van der Waals surface area contributed by atoms with E-state index < -0.39 is 42.4 Å². The molecule has 2 aliphatic rings. The minimum atomic E-state index is -3.92. The quantitative estimate of drug-likeness (QED) is 0.0676. The lowest BCUT2D eigenvalue weighted by molar-refractivity contribution is 0.175. The third kappa shape index (κ3) is 14.5.